The van der Waals surface area contributed by atoms with Crippen LogP contribution in [0.5, 0.6) is 0 Å². The second-order valence-corrected chi connectivity index (χ2v) is 7.94. The standard InChI is InChI=1S/C19H23BrN2O4/c1-19(2,3)26-18(24)22-12-11-15(21-22)9-10-16(20)17(23)25-13-14-7-5-4-6-8-14/h4-8,11-12,16H,9-10,13H2,1-3H3. The molecule has 1 unspecified atom stereocenters. The second-order valence-electron chi connectivity index (χ2n) is 6.83. The predicted octanol–water partition coefficient (Wildman–Crippen LogP) is 4.11. The lowest BCUT2D eigenvalue weighted by atomic mass is 10.2. The van der Waals surface area contributed by atoms with E-state index in [1.165, 1.54) is 0 Å². The van der Waals surface area contributed by atoms with Crippen LogP contribution in [0.25, 0.3) is 0 Å². The van der Waals surface area contributed by atoms with E-state index in [0.717, 1.165) is 10.2 Å². The molecule has 26 heavy (non-hydrogen) atoms. The van der Waals surface area contributed by atoms with Crippen molar-refractivity contribution < 1.29 is 19.1 Å². The average molecular weight is 423 g/mol. The molecule has 6 nitrogen and oxygen atoms in total. The van der Waals surface area contributed by atoms with Gasteiger partial charge in [-0.2, -0.15) is 9.78 Å². The maximum Gasteiger partial charge on any atom is 0.435 e. The van der Waals surface area contributed by atoms with Gasteiger partial charge in [0.15, 0.2) is 0 Å². The fraction of sp³-hybridized carbons (Fsp3) is 0.421. The topological polar surface area (TPSA) is 70.4 Å². The molecule has 0 bridgehead atoms. The highest BCUT2D eigenvalue weighted by Gasteiger charge is 2.20. The lowest BCUT2D eigenvalue weighted by Gasteiger charge is -2.18. The van der Waals surface area contributed by atoms with Crippen molar-refractivity contribution >= 4 is 28.0 Å². The van der Waals surface area contributed by atoms with Crippen molar-refractivity contribution in [3.8, 4) is 0 Å². The minimum absolute atomic E-state index is 0.245. The van der Waals surface area contributed by atoms with Crippen LogP contribution >= 0.6 is 15.9 Å². The number of halogens is 1. The van der Waals surface area contributed by atoms with Crippen molar-refractivity contribution in [1.29, 1.82) is 0 Å². The molecule has 1 atom stereocenters. The monoisotopic (exact) mass is 422 g/mol. The Balaban J connectivity index is 1.79. The molecule has 0 spiro atoms. The smallest absolute Gasteiger partial charge is 0.435 e. The maximum absolute atomic E-state index is 12.0. The zero-order chi connectivity index (χ0) is 19.2. The van der Waals surface area contributed by atoms with Crippen LogP contribution in [0.15, 0.2) is 42.6 Å². The summed E-state index contributed by atoms with van der Waals surface area (Å²) in [7, 11) is 0. The molecule has 0 amide bonds. The summed E-state index contributed by atoms with van der Waals surface area (Å²) < 4.78 is 11.7. The van der Waals surface area contributed by atoms with Crippen LogP contribution in [0.3, 0.4) is 0 Å². The third-order valence-electron chi connectivity index (χ3n) is 3.36. The van der Waals surface area contributed by atoms with Gasteiger partial charge >= 0.3 is 12.1 Å². The quantitative estimate of drug-likeness (QED) is 0.517. The maximum atomic E-state index is 12.0. The molecule has 1 aromatic heterocycles. The summed E-state index contributed by atoms with van der Waals surface area (Å²) in [6, 6.07) is 11.2. The fourth-order valence-electron chi connectivity index (χ4n) is 2.12. The second kappa shape index (κ2) is 8.98. The van der Waals surface area contributed by atoms with E-state index in [1.54, 1.807) is 33.0 Å². The molecule has 140 valence electrons. The normalized spacial score (nSPS) is 12.5. The van der Waals surface area contributed by atoms with Crippen molar-refractivity contribution in [2.75, 3.05) is 0 Å². The lowest BCUT2D eigenvalue weighted by molar-refractivity contribution is -0.144. The molecule has 0 radical (unpaired) electrons. The number of esters is 1. The molecule has 1 aromatic carbocycles. The number of nitrogens with zero attached hydrogens (tertiary/aromatic N) is 2. The van der Waals surface area contributed by atoms with Gasteiger partial charge < -0.3 is 9.47 Å². The summed E-state index contributed by atoms with van der Waals surface area (Å²) in [5.74, 6) is -0.319. The number of alkyl halides is 1. The van der Waals surface area contributed by atoms with Gasteiger partial charge in [-0.25, -0.2) is 4.79 Å². The van der Waals surface area contributed by atoms with Gasteiger partial charge in [0.05, 0.1) is 5.69 Å². The van der Waals surface area contributed by atoms with Gasteiger partial charge in [0.2, 0.25) is 0 Å². The Bertz CT molecular complexity index is 737. The van der Waals surface area contributed by atoms with Crippen molar-refractivity contribution in [3.63, 3.8) is 0 Å². The zero-order valence-electron chi connectivity index (χ0n) is 15.1. The number of rotatable bonds is 6. The van der Waals surface area contributed by atoms with E-state index < -0.39 is 16.5 Å². The number of carbonyl (C=O) groups is 2. The van der Waals surface area contributed by atoms with E-state index in [9.17, 15) is 9.59 Å². The summed E-state index contributed by atoms with van der Waals surface area (Å²) in [6.45, 7) is 5.64. The predicted molar refractivity (Wildman–Crippen MR) is 101 cm³/mol. The fourth-order valence-corrected chi connectivity index (χ4v) is 2.48. The van der Waals surface area contributed by atoms with E-state index in [0.29, 0.717) is 18.5 Å². The molecule has 0 N–H and O–H groups in total. The third kappa shape index (κ3) is 6.63. The average Bonchev–Trinajstić information content (AvgIpc) is 3.06. The Morgan fingerprint density at radius 2 is 1.88 bits per heavy atom. The van der Waals surface area contributed by atoms with Crippen LogP contribution in [0.2, 0.25) is 0 Å². The highest BCUT2D eigenvalue weighted by atomic mass is 79.9. The molecule has 1 heterocycles. The number of ether oxygens (including phenoxy) is 2. The molecule has 0 saturated carbocycles. The van der Waals surface area contributed by atoms with Crippen LogP contribution in [0, 0.1) is 0 Å². The van der Waals surface area contributed by atoms with E-state index >= 15 is 0 Å². The van der Waals surface area contributed by atoms with Crippen molar-refractivity contribution in [1.82, 2.24) is 9.78 Å². The van der Waals surface area contributed by atoms with E-state index in [-0.39, 0.29) is 12.6 Å². The summed E-state index contributed by atoms with van der Waals surface area (Å²) in [5.41, 5.74) is 1.07. The molecule has 0 aliphatic heterocycles. The number of carbonyl (C=O) groups excluding carboxylic acids is 2. The number of aryl methyl sites for hydroxylation is 1. The Labute approximate surface area is 161 Å². The van der Waals surface area contributed by atoms with Crippen LogP contribution in [-0.4, -0.2) is 32.3 Å². The summed E-state index contributed by atoms with van der Waals surface area (Å²) in [4.78, 5) is 23.5. The first-order chi connectivity index (χ1) is 12.2. The zero-order valence-corrected chi connectivity index (χ0v) is 16.7. The number of hydrogen-bond donors (Lipinski definition) is 0. The third-order valence-corrected chi connectivity index (χ3v) is 4.19. The van der Waals surface area contributed by atoms with E-state index in [2.05, 4.69) is 21.0 Å². The summed E-state index contributed by atoms with van der Waals surface area (Å²) >= 11 is 3.35. The van der Waals surface area contributed by atoms with Gasteiger partial charge in [-0.15, -0.1) is 0 Å². The van der Waals surface area contributed by atoms with Crippen molar-refractivity contribution in [2.45, 2.75) is 50.6 Å². The largest absolute Gasteiger partial charge is 0.460 e. The van der Waals surface area contributed by atoms with Gasteiger partial charge in [0, 0.05) is 6.20 Å². The molecule has 0 aliphatic rings. The molecule has 0 fully saturated rings. The van der Waals surface area contributed by atoms with Gasteiger partial charge in [-0.3, -0.25) is 4.79 Å². The Kier molecular flexibility index (Phi) is 6.97. The molecule has 0 saturated heterocycles. The lowest BCUT2D eigenvalue weighted by Crippen LogP contribution is -2.27. The van der Waals surface area contributed by atoms with Gasteiger partial charge in [-0.05, 0) is 45.2 Å². The van der Waals surface area contributed by atoms with Crippen molar-refractivity contribution in [2.24, 2.45) is 0 Å². The number of benzene rings is 1. The molecule has 2 aromatic rings. The van der Waals surface area contributed by atoms with Crippen LogP contribution in [-0.2, 0) is 27.3 Å². The van der Waals surface area contributed by atoms with Crippen LogP contribution in [0.4, 0.5) is 4.79 Å². The first kappa shape index (κ1) is 20.2. The first-order valence-corrected chi connectivity index (χ1v) is 9.29. The Morgan fingerprint density at radius 1 is 1.19 bits per heavy atom. The van der Waals surface area contributed by atoms with E-state index in [4.69, 9.17) is 9.47 Å². The SMILES string of the molecule is CC(C)(C)OC(=O)n1ccc(CCC(Br)C(=O)OCc2ccccc2)n1. The van der Waals surface area contributed by atoms with Gasteiger partial charge in [0.25, 0.3) is 0 Å². The first-order valence-electron chi connectivity index (χ1n) is 8.37. The molecular formula is C19H23BrN2O4. The molecule has 7 heteroatoms. The number of hydrogen-bond acceptors (Lipinski definition) is 5. The van der Waals surface area contributed by atoms with Crippen LogP contribution in [0.1, 0.15) is 38.4 Å². The highest BCUT2D eigenvalue weighted by Crippen LogP contribution is 2.14. The minimum atomic E-state index is -0.577. The van der Waals surface area contributed by atoms with Gasteiger partial charge in [-0.1, -0.05) is 46.3 Å². The molecule has 2 rings (SSSR count). The van der Waals surface area contributed by atoms with Gasteiger partial charge in [0.1, 0.15) is 17.0 Å². The molecule has 0 aliphatic carbocycles. The summed E-state index contributed by atoms with van der Waals surface area (Å²) in [5, 5.41) is 4.19. The van der Waals surface area contributed by atoms with Crippen LogP contribution < -0.4 is 0 Å². The van der Waals surface area contributed by atoms with E-state index in [1.807, 2.05) is 30.3 Å². The summed E-state index contributed by atoms with van der Waals surface area (Å²) in [6.07, 6.45) is 2.08. The Morgan fingerprint density at radius 3 is 2.54 bits per heavy atom. The molecular weight excluding hydrogens is 400 g/mol. The Hall–Kier alpha value is -2.15. The number of aromatic nitrogens is 2. The van der Waals surface area contributed by atoms with Crippen molar-refractivity contribution in [3.05, 3.63) is 53.9 Å². The minimum Gasteiger partial charge on any atom is -0.460 e. The highest BCUT2D eigenvalue weighted by molar-refractivity contribution is 9.10.